The van der Waals surface area contributed by atoms with Gasteiger partial charge in [-0.2, -0.15) is 0 Å². The zero-order valence-electron chi connectivity index (χ0n) is 12.5. The Morgan fingerprint density at radius 2 is 2.16 bits per heavy atom. The van der Waals surface area contributed by atoms with E-state index in [9.17, 15) is 0 Å². The summed E-state index contributed by atoms with van der Waals surface area (Å²) in [5, 5.41) is 0. The van der Waals surface area contributed by atoms with Crippen LogP contribution in [0.25, 0.3) is 0 Å². The van der Waals surface area contributed by atoms with Gasteiger partial charge in [-0.25, -0.2) is 0 Å². The van der Waals surface area contributed by atoms with Crippen LogP contribution in [0.5, 0.6) is 5.75 Å². The van der Waals surface area contributed by atoms with Crippen LogP contribution < -0.4 is 10.5 Å². The van der Waals surface area contributed by atoms with Crippen molar-refractivity contribution in [3.8, 4) is 5.75 Å². The second kappa shape index (κ2) is 6.42. The van der Waals surface area contributed by atoms with E-state index >= 15 is 0 Å². The highest BCUT2D eigenvalue weighted by Gasteiger charge is 2.23. The summed E-state index contributed by atoms with van der Waals surface area (Å²) in [6, 6.07) is 6.38. The quantitative estimate of drug-likeness (QED) is 0.874. The fraction of sp³-hybridized carbons (Fsp3) is 0.647. The molecule has 1 aliphatic rings. The third-order valence-electron chi connectivity index (χ3n) is 4.27. The standard InChI is InChI=1S/C17H27NO/c1-4-14-6-5-7-15(11-14)19-17-10-12(2)8-9-16(17)13(3)18/h8-10,13-15H,4-7,11,18H2,1-3H3/t13-,14?,15?/m0/s1. The smallest absolute Gasteiger partial charge is 0.124 e. The van der Waals surface area contributed by atoms with Gasteiger partial charge in [0.25, 0.3) is 0 Å². The van der Waals surface area contributed by atoms with Crippen molar-refractivity contribution >= 4 is 0 Å². The Bertz CT molecular complexity index is 414. The van der Waals surface area contributed by atoms with E-state index in [0.717, 1.165) is 17.2 Å². The van der Waals surface area contributed by atoms with Gasteiger partial charge in [0.1, 0.15) is 5.75 Å². The molecule has 1 fully saturated rings. The van der Waals surface area contributed by atoms with Crippen LogP contribution in [0.15, 0.2) is 18.2 Å². The minimum Gasteiger partial charge on any atom is -0.490 e. The van der Waals surface area contributed by atoms with Gasteiger partial charge in [-0.1, -0.05) is 31.9 Å². The second-order valence-electron chi connectivity index (χ2n) is 6.01. The fourth-order valence-corrected chi connectivity index (χ4v) is 3.02. The molecule has 0 saturated heterocycles. The fourth-order valence-electron chi connectivity index (χ4n) is 3.02. The number of hydrogen-bond donors (Lipinski definition) is 1. The summed E-state index contributed by atoms with van der Waals surface area (Å²) in [5.41, 5.74) is 8.41. The van der Waals surface area contributed by atoms with Gasteiger partial charge in [0.05, 0.1) is 6.10 Å². The molecular formula is C17H27NO. The summed E-state index contributed by atoms with van der Waals surface area (Å²) < 4.78 is 6.28. The number of nitrogens with two attached hydrogens (primary N) is 1. The molecule has 2 unspecified atom stereocenters. The van der Waals surface area contributed by atoms with Gasteiger partial charge >= 0.3 is 0 Å². The Hall–Kier alpha value is -1.02. The first kappa shape index (κ1) is 14.4. The summed E-state index contributed by atoms with van der Waals surface area (Å²) in [6.07, 6.45) is 6.68. The summed E-state index contributed by atoms with van der Waals surface area (Å²) in [6.45, 7) is 6.41. The van der Waals surface area contributed by atoms with Crippen molar-refractivity contribution in [1.82, 2.24) is 0 Å². The van der Waals surface area contributed by atoms with E-state index in [0.29, 0.717) is 6.10 Å². The number of aryl methyl sites for hydroxylation is 1. The molecule has 0 heterocycles. The van der Waals surface area contributed by atoms with Crippen LogP contribution in [-0.2, 0) is 0 Å². The zero-order chi connectivity index (χ0) is 13.8. The molecule has 1 aromatic carbocycles. The van der Waals surface area contributed by atoms with E-state index in [1.807, 2.05) is 6.92 Å². The molecule has 0 aromatic heterocycles. The normalized spacial score (nSPS) is 25.1. The summed E-state index contributed by atoms with van der Waals surface area (Å²) in [5.74, 6) is 1.83. The maximum atomic E-state index is 6.28. The van der Waals surface area contributed by atoms with E-state index < -0.39 is 0 Å². The van der Waals surface area contributed by atoms with Crippen LogP contribution in [-0.4, -0.2) is 6.10 Å². The molecule has 3 atom stereocenters. The van der Waals surface area contributed by atoms with E-state index in [2.05, 4.69) is 32.0 Å². The molecule has 0 spiro atoms. The highest BCUT2D eigenvalue weighted by Crippen LogP contribution is 2.32. The van der Waals surface area contributed by atoms with Crippen molar-refractivity contribution in [1.29, 1.82) is 0 Å². The molecule has 1 aromatic rings. The van der Waals surface area contributed by atoms with Crippen LogP contribution in [0.3, 0.4) is 0 Å². The average molecular weight is 261 g/mol. The van der Waals surface area contributed by atoms with Gasteiger partial charge in [-0.3, -0.25) is 0 Å². The lowest BCUT2D eigenvalue weighted by atomic mass is 9.85. The van der Waals surface area contributed by atoms with Crippen LogP contribution >= 0.6 is 0 Å². The molecule has 1 saturated carbocycles. The van der Waals surface area contributed by atoms with Crippen molar-refractivity contribution in [2.45, 2.75) is 65.0 Å². The molecule has 0 bridgehead atoms. The van der Waals surface area contributed by atoms with Crippen LogP contribution in [0.2, 0.25) is 0 Å². The lowest BCUT2D eigenvalue weighted by Gasteiger charge is -2.30. The molecule has 2 rings (SSSR count). The largest absolute Gasteiger partial charge is 0.490 e. The van der Waals surface area contributed by atoms with Gasteiger partial charge in [-0.05, 0) is 50.7 Å². The van der Waals surface area contributed by atoms with E-state index in [4.69, 9.17) is 10.5 Å². The number of hydrogen-bond acceptors (Lipinski definition) is 2. The predicted octanol–water partition coefficient (Wildman–Crippen LogP) is 4.36. The topological polar surface area (TPSA) is 35.2 Å². The minimum atomic E-state index is 0.0289. The van der Waals surface area contributed by atoms with Gasteiger partial charge in [0.15, 0.2) is 0 Å². The molecular weight excluding hydrogens is 234 g/mol. The molecule has 19 heavy (non-hydrogen) atoms. The highest BCUT2D eigenvalue weighted by atomic mass is 16.5. The molecule has 0 aliphatic heterocycles. The number of ether oxygens (including phenoxy) is 1. The summed E-state index contributed by atoms with van der Waals surface area (Å²) in [7, 11) is 0. The third-order valence-corrected chi connectivity index (χ3v) is 4.27. The molecule has 2 nitrogen and oxygen atoms in total. The first-order valence-electron chi connectivity index (χ1n) is 7.63. The lowest BCUT2D eigenvalue weighted by Crippen LogP contribution is -2.26. The van der Waals surface area contributed by atoms with Crippen molar-refractivity contribution in [3.05, 3.63) is 29.3 Å². The third kappa shape index (κ3) is 3.73. The van der Waals surface area contributed by atoms with Crippen LogP contribution in [0.4, 0.5) is 0 Å². The minimum absolute atomic E-state index is 0.0289. The maximum Gasteiger partial charge on any atom is 0.124 e. The molecule has 1 aliphatic carbocycles. The van der Waals surface area contributed by atoms with Gasteiger partial charge in [-0.15, -0.1) is 0 Å². The van der Waals surface area contributed by atoms with Crippen LogP contribution in [0, 0.1) is 12.8 Å². The maximum absolute atomic E-state index is 6.28. The van der Waals surface area contributed by atoms with Crippen LogP contribution in [0.1, 0.15) is 63.1 Å². The molecule has 2 heteroatoms. The molecule has 0 radical (unpaired) electrons. The monoisotopic (exact) mass is 261 g/mol. The lowest BCUT2D eigenvalue weighted by molar-refractivity contribution is 0.120. The Kier molecular flexibility index (Phi) is 4.87. The van der Waals surface area contributed by atoms with Crippen molar-refractivity contribution < 1.29 is 4.74 Å². The predicted molar refractivity (Wildman–Crippen MR) is 80.4 cm³/mol. The zero-order valence-corrected chi connectivity index (χ0v) is 12.5. The summed E-state index contributed by atoms with van der Waals surface area (Å²) >= 11 is 0. The van der Waals surface area contributed by atoms with Crippen molar-refractivity contribution in [2.24, 2.45) is 11.7 Å². The SMILES string of the molecule is CCC1CCCC(Oc2cc(C)ccc2[C@H](C)N)C1. The first-order chi connectivity index (χ1) is 9.10. The molecule has 0 amide bonds. The highest BCUT2D eigenvalue weighted by molar-refractivity contribution is 5.39. The van der Waals surface area contributed by atoms with E-state index in [-0.39, 0.29) is 6.04 Å². The van der Waals surface area contributed by atoms with Gasteiger partial charge < -0.3 is 10.5 Å². The van der Waals surface area contributed by atoms with Crippen molar-refractivity contribution in [3.63, 3.8) is 0 Å². The van der Waals surface area contributed by atoms with E-state index in [1.165, 1.54) is 37.7 Å². The summed E-state index contributed by atoms with van der Waals surface area (Å²) in [4.78, 5) is 0. The molecule has 106 valence electrons. The Morgan fingerprint density at radius 1 is 1.37 bits per heavy atom. The average Bonchev–Trinajstić information content (AvgIpc) is 2.38. The molecule has 2 N–H and O–H groups in total. The first-order valence-corrected chi connectivity index (χ1v) is 7.63. The Labute approximate surface area is 117 Å². The number of rotatable bonds is 4. The van der Waals surface area contributed by atoms with Gasteiger partial charge in [0, 0.05) is 11.6 Å². The van der Waals surface area contributed by atoms with E-state index in [1.54, 1.807) is 0 Å². The number of benzene rings is 1. The second-order valence-corrected chi connectivity index (χ2v) is 6.01. The van der Waals surface area contributed by atoms with Crippen molar-refractivity contribution in [2.75, 3.05) is 0 Å². The Balaban J connectivity index is 2.11. The Morgan fingerprint density at radius 3 is 2.84 bits per heavy atom. The van der Waals surface area contributed by atoms with Gasteiger partial charge in [0.2, 0.25) is 0 Å².